The van der Waals surface area contributed by atoms with Crippen LogP contribution in [0.4, 0.5) is 5.82 Å². The zero-order valence-electron chi connectivity index (χ0n) is 40.1. The van der Waals surface area contributed by atoms with Gasteiger partial charge in [-0.25, -0.2) is 29.5 Å². The van der Waals surface area contributed by atoms with E-state index in [0.29, 0.717) is 5.56 Å². The minimum absolute atomic E-state index is 0.0189. The molecule has 6 heterocycles. The second-order valence-corrected chi connectivity index (χ2v) is 32.3. The molecule has 0 bridgehead atoms. The number of aliphatic hydroxyl groups excluding tert-OH is 1. The molecule has 2 fully saturated rings. The van der Waals surface area contributed by atoms with E-state index in [-0.39, 0.29) is 39.6 Å². The van der Waals surface area contributed by atoms with Crippen molar-refractivity contribution in [3.63, 3.8) is 0 Å². The maximum absolute atomic E-state index is 15.2. The maximum Gasteiger partial charge on any atom is 0.475 e. The molecule has 1 aromatic carbocycles. The molecule has 4 aromatic heterocycles. The van der Waals surface area contributed by atoms with Gasteiger partial charge in [-0.3, -0.25) is 36.9 Å². The van der Waals surface area contributed by atoms with Gasteiger partial charge in [-0.05, 0) is 48.4 Å². The predicted octanol–water partition coefficient (Wildman–Crippen LogP) is 6.06. The monoisotopic (exact) mass is 1030 g/mol. The van der Waals surface area contributed by atoms with Crippen LogP contribution in [0, 0.1) is 11.3 Å². The highest BCUT2D eigenvalue weighted by Crippen LogP contribution is 2.56. The summed E-state index contributed by atoms with van der Waals surface area (Å²) in [4.78, 5) is 61.3. The maximum atomic E-state index is 15.2. The Labute approximate surface area is 401 Å². The van der Waals surface area contributed by atoms with Gasteiger partial charge in [-0.1, -0.05) is 59.7 Å². The van der Waals surface area contributed by atoms with E-state index in [0.717, 1.165) is 0 Å². The molecule has 27 heteroatoms. The number of carbonyl (C=O) groups is 1. The molecule has 2 aliphatic rings. The summed E-state index contributed by atoms with van der Waals surface area (Å²) in [6, 6.07) is 10.5. The number of hydrogen-bond acceptors (Lipinski definition) is 18. The molecule has 0 radical (unpaired) electrons. The number of nitrogens with zero attached hydrogens (tertiary/aromatic N) is 8. The SMILES string of the molecule is CC(C)(C)[Si](C)(C)O[C@@H]1C(COP(=O)(OCCC#N)O[C@@H]2C(CO)OC(n3cnc4c(=O)[nH]cnc43)[C@@H]2O[Si](C)(C)C(C)(C)C)OC(n2cnc3c(NC(=O)c4ccccc4)ncnc32)[C@@H]1[PH](=O)O. The molecule has 23 nitrogen and oxygen atoms in total. The number of anilines is 1. The highest BCUT2D eigenvalue weighted by atomic mass is 31.2. The van der Waals surface area contributed by atoms with Crippen molar-refractivity contribution in [2.24, 2.45) is 0 Å². The number of fused-ring (bicyclic) bond motifs is 2. The summed E-state index contributed by atoms with van der Waals surface area (Å²) in [7, 11) is -14.0. The lowest BCUT2D eigenvalue weighted by Crippen LogP contribution is -2.49. The summed E-state index contributed by atoms with van der Waals surface area (Å²) >= 11 is 0. The molecule has 2 aliphatic heterocycles. The summed E-state index contributed by atoms with van der Waals surface area (Å²) in [5.41, 5.74) is -0.866. The third-order valence-electron chi connectivity index (χ3n) is 13.2. The first-order valence-corrected chi connectivity index (χ1v) is 31.0. The average molecular weight is 1030 g/mol. The van der Waals surface area contributed by atoms with E-state index in [1.807, 2.05) is 73.8 Å². The van der Waals surface area contributed by atoms with E-state index >= 15 is 4.57 Å². The minimum atomic E-state index is -4.86. The smallest absolute Gasteiger partial charge is 0.410 e. The lowest BCUT2D eigenvalue weighted by atomic mass is 10.1. The van der Waals surface area contributed by atoms with Crippen molar-refractivity contribution < 1.29 is 55.8 Å². The van der Waals surface area contributed by atoms with E-state index in [9.17, 15) is 29.4 Å². The zero-order valence-corrected chi connectivity index (χ0v) is 43.9. The van der Waals surface area contributed by atoms with Crippen molar-refractivity contribution in [1.29, 1.82) is 5.26 Å². The first-order chi connectivity index (χ1) is 32.4. The number of aliphatic hydroxyl groups is 1. The Bertz CT molecular complexity index is 2810. The van der Waals surface area contributed by atoms with Gasteiger partial charge in [-0.2, -0.15) is 5.26 Å². The lowest BCUT2D eigenvalue weighted by molar-refractivity contribution is -0.0569. The number of amides is 1. The van der Waals surface area contributed by atoms with E-state index in [2.05, 4.69) is 35.2 Å². The van der Waals surface area contributed by atoms with Gasteiger partial charge >= 0.3 is 7.82 Å². The number of aromatic amines is 1. The van der Waals surface area contributed by atoms with Gasteiger partial charge < -0.3 is 38.6 Å². The topological polar surface area (TPSA) is 299 Å². The van der Waals surface area contributed by atoms with Crippen LogP contribution in [0.2, 0.25) is 36.3 Å². The standard InChI is InChI=1S/C42H60N10O13P2Si2/c1-41(2,3)68(7,8)64-31-27(62-40(33(31)66(56)57)52-23-48-28-34(44-21-45-35(28)52)50-37(54)25-15-12-11-13-16-25)20-60-67(58,59-18-14-17-43)63-30-26(19-53)61-39(32(30)65-69(9,10)42(4,5)6)51-24-49-29-36(51)46-22-47-38(29)55/h11-13,15-16,21-24,26-27,30-33,39-40,53,66H,14,18-20H2,1-10H3,(H,56,57)(H,46,47,55)(H,44,45,50,54)/t26?,27?,30-,31-,32-,33-,39?,40?,67?/m1/s1. The van der Waals surface area contributed by atoms with Gasteiger partial charge in [0.15, 0.2) is 65.3 Å². The fourth-order valence-corrected chi connectivity index (χ4v) is 12.6. The molecule has 5 aromatic rings. The normalized spacial score (nSPS) is 24.9. The number of hydrogen-bond donors (Lipinski definition) is 4. The van der Waals surface area contributed by atoms with Gasteiger partial charge in [0.25, 0.3) is 11.5 Å². The Balaban J connectivity index is 1.25. The fraction of sp³-hybridized carbons (Fsp3) is 0.571. The summed E-state index contributed by atoms with van der Waals surface area (Å²) in [5.74, 6) is -0.363. The van der Waals surface area contributed by atoms with Crippen LogP contribution in [0.5, 0.6) is 0 Å². The Morgan fingerprint density at radius 2 is 1.49 bits per heavy atom. The summed E-state index contributed by atoms with van der Waals surface area (Å²) < 4.78 is 77.1. The molecular weight excluding hydrogens is 971 g/mol. The number of nitrogens with one attached hydrogen (secondary N) is 2. The molecule has 374 valence electrons. The molecular formula is C42H60N10O13P2Si2. The number of benzene rings is 1. The second kappa shape index (κ2) is 20.4. The molecule has 4 N–H and O–H groups in total. The Morgan fingerprint density at radius 1 is 0.884 bits per heavy atom. The molecule has 0 aliphatic carbocycles. The average Bonchev–Trinajstić information content (AvgIpc) is 4.06. The van der Waals surface area contributed by atoms with E-state index in [1.54, 1.807) is 30.3 Å². The number of rotatable bonds is 18. The summed E-state index contributed by atoms with van der Waals surface area (Å²) in [6.45, 7) is 18.3. The Hall–Kier alpha value is -4.39. The lowest BCUT2D eigenvalue weighted by Gasteiger charge is -2.41. The van der Waals surface area contributed by atoms with E-state index in [1.165, 1.54) is 34.4 Å². The van der Waals surface area contributed by atoms with Crippen LogP contribution in [-0.4, -0.2) is 128 Å². The van der Waals surface area contributed by atoms with Crippen LogP contribution in [-0.2, 0) is 41.0 Å². The number of imidazole rings is 2. The van der Waals surface area contributed by atoms with Crippen LogP contribution in [0.3, 0.4) is 0 Å². The molecule has 7 rings (SSSR count). The highest BCUT2D eigenvalue weighted by molar-refractivity contribution is 7.48. The van der Waals surface area contributed by atoms with Gasteiger partial charge in [0.2, 0.25) is 0 Å². The summed E-state index contributed by atoms with van der Waals surface area (Å²) in [6.07, 6.45) is -3.56. The van der Waals surface area contributed by atoms with Gasteiger partial charge in [0.1, 0.15) is 36.4 Å². The largest absolute Gasteiger partial charge is 0.475 e. The first-order valence-electron chi connectivity index (χ1n) is 22.3. The number of H-pyrrole nitrogens is 1. The third kappa shape index (κ3) is 10.9. The van der Waals surface area contributed by atoms with Gasteiger partial charge in [0, 0.05) is 5.56 Å². The van der Waals surface area contributed by atoms with Crippen LogP contribution < -0.4 is 10.9 Å². The van der Waals surface area contributed by atoms with Crippen LogP contribution in [0.15, 0.2) is 60.4 Å². The number of carbonyl (C=O) groups excluding carboxylic acids is 1. The van der Waals surface area contributed by atoms with E-state index < -0.39 is 117 Å². The minimum Gasteiger partial charge on any atom is -0.410 e. The number of aromatic nitrogens is 8. The first kappa shape index (κ1) is 52.4. The van der Waals surface area contributed by atoms with Crippen LogP contribution >= 0.6 is 15.9 Å². The third-order valence-corrected chi connectivity index (χ3v) is 24.8. The number of nitriles is 1. The van der Waals surface area contributed by atoms with Crippen molar-refractivity contribution in [2.45, 2.75) is 133 Å². The molecule has 69 heavy (non-hydrogen) atoms. The van der Waals surface area contributed by atoms with Gasteiger partial charge in [-0.15, -0.1) is 0 Å². The zero-order chi connectivity index (χ0) is 50.3. The van der Waals surface area contributed by atoms with Crippen molar-refractivity contribution in [1.82, 2.24) is 39.0 Å². The van der Waals surface area contributed by atoms with E-state index in [4.69, 9.17) is 31.9 Å². The Kier molecular flexibility index (Phi) is 15.5. The van der Waals surface area contributed by atoms with Crippen molar-refractivity contribution in [3.05, 3.63) is 71.6 Å². The number of ether oxygens (including phenoxy) is 2. The van der Waals surface area contributed by atoms with Crippen molar-refractivity contribution >= 4 is 66.5 Å². The second-order valence-electron chi connectivity index (χ2n) is 19.8. The van der Waals surface area contributed by atoms with Crippen LogP contribution in [0.1, 0.15) is 70.8 Å². The number of phosphoric acid groups is 1. The highest BCUT2D eigenvalue weighted by Gasteiger charge is 2.57. The number of phosphoric ester groups is 1. The molecule has 0 saturated carbocycles. The molecule has 1 amide bonds. The Morgan fingerprint density at radius 3 is 2.12 bits per heavy atom. The van der Waals surface area contributed by atoms with Gasteiger partial charge in [0.05, 0.1) is 57.4 Å². The van der Waals surface area contributed by atoms with Crippen LogP contribution in [0.25, 0.3) is 22.3 Å². The summed E-state index contributed by atoms with van der Waals surface area (Å²) in [5, 5.41) is 22.3. The fourth-order valence-electron chi connectivity index (χ4n) is 7.45. The quantitative estimate of drug-likeness (QED) is 0.0441. The molecule has 10 atom stereocenters. The molecule has 2 saturated heterocycles. The molecule has 0 spiro atoms. The van der Waals surface area contributed by atoms with Crippen molar-refractivity contribution in [2.75, 3.05) is 25.1 Å². The predicted molar refractivity (Wildman–Crippen MR) is 257 cm³/mol. The van der Waals surface area contributed by atoms with Crippen molar-refractivity contribution in [3.8, 4) is 6.07 Å². The molecule has 6 unspecified atom stereocenters.